The first kappa shape index (κ1) is 9.31. The summed E-state index contributed by atoms with van der Waals surface area (Å²) in [6.45, 7) is 0. The van der Waals surface area contributed by atoms with Crippen molar-refractivity contribution >= 4 is 21.7 Å². The molecular formula is C6H5ClO4S. The van der Waals surface area contributed by atoms with Gasteiger partial charge in [-0.2, -0.15) is 8.42 Å². The van der Waals surface area contributed by atoms with E-state index >= 15 is 0 Å². The van der Waals surface area contributed by atoms with E-state index in [1.807, 2.05) is 0 Å². The Morgan fingerprint density at radius 3 is 2.33 bits per heavy atom. The van der Waals surface area contributed by atoms with Crippen LogP contribution in [0.2, 0.25) is 5.02 Å². The monoisotopic (exact) mass is 208 g/mol. The highest BCUT2D eigenvalue weighted by Gasteiger charge is 2.10. The van der Waals surface area contributed by atoms with Gasteiger partial charge in [-0.15, -0.1) is 0 Å². The molecule has 0 aliphatic rings. The summed E-state index contributed by atoms with van der Waals surface area (Å²) in [4.78, 5) is -0.385. The molecule has 0 radical (unpaired) electrons. The number of rotatable bonds is 1. The fraction of sp³-hybridized carbons (Fsp3) is 0. The van der Waals surface area contributed by atoms with Gasteiger partial charge in [0.25, 0.3) is 10.1 Å². The van der Waals surface area contributed by atoms with Crippen molar-refractivity contribution in [3.05, 3.63) is 23.2 Å². The van der Waals surface area contributed by atoms with E-state index in [0.717, 1.165) is 12.1 Å². The van der Waals surface area contributed by atoms with Gasteiger partial charge in [-0.3, -0.25) is 4.55 Å². The summed E-state index contributed by atoms with van der Waals surface area (Å²) < 4.78 is 29.5. The topological polar surface area (TPSA) is 74.6 Å². The molecule has 66 valence electrons. The van der Waals surface area contributed by atoms with Gasteiger partial charge >= 0.3 is 0 Å². The zero-order chi connectivity index (χ0) is 9.35. The number of phenols is 1. The lowest BCUT2D eigenvalue weighted by molar-refractivity contribution is 0.466. The molecule has 0 aliphatic carbocycles. The number of benzene rings is 1. The maximum atomic E-state index is 10.5. The van der Waals surface area contributed by atoms with Crippen molar-refractivity contribution in [2.75, 3.05) is 0 Å². The molecule has 4 nitrogen and oxygen atoms in total. The quantitative estimate of drug-likeness (QED) is 0.682. The Labute approximate surface area is 74.2 Å². The average Bonchev–Trinajstić information content (AvgIpc) is 1.92. The molecule has 1 aromatic carbocycles. The van der Waals surface area contributed by atoms with Crippen LogP contribution in [0.4, 0.5) is 0 Å². The molecule has 0 aromatic heterocycles. The first-order valence-electron chi connectivity index (χ1n) is 2.87. The highest BCUT2D eigenvalue weighted by atomic mass is 35.5. The van der Waals surface area contributed by atoms with Crippen molar-refractivity contribution in [2.45, 2.75) is 4.90 Å². The zero-order valence-corrected chi connectivity index (χ0v) is 7.30. The molecule has 0 fully saturated rings. The molecule has 0 amide bonds. The van der Waals surface area contributed by atoms with E-state index in [1.54, 1.807) is 0 Å². The van der Waals surface area contributed by atoms with Crippen LogP contribution in [-0.2, 0) is 10.1 Å². The van der Waals surface area contributed by atoms with Crippen LogP contribution in [0.15, 0.2) is 23.1 Å². The van der Waals surface area contributed by atoms with E-state index in [-0.39, 0.29) is 15.7 Å². The van der Waals surface area contributed by atoms with Crippen molar-refractivity contribution < 1.29 is 18.1 Å². The number of halogens is 1. The summed E-state index contributed by atoms with van der Waals surface area (Å²) in [6.07, 6.45) is 0. The summed E-state index contributed by atoms with van der Waals surface area (Å²) in [5.41, 5.74) is 0. The van der Waals surface area contributed by atoms with E-state index in [1.165, 1.54) is 6.07 Å². The van der Waals surface area contributed by atoms with Gasteiger partial charge in [0.15, 0.2) is 0 Å². The molecule has 2 N–H and O–H groups in total. The summed E-state index contributed by atoms with van der Waals surface area (Å²) in [5, 5.41) is 8.99. The van der Waals surface area contributed by atoms with Gasteiger partial charge in [-0.25, -0.2) is 0 Å². The van der Waals surface area contributed by atoms with E-state index in [9.17, 15) is 8.42 Å². The second-order valence-electron chi connectivity index (χ2n) is 2.09. The third-order valence-electron chi connectivity index (χ3n) is 1.22. The molecule has 0 saturated carbocycles. The molecular weight excluding hydrogens is 204 g/mol. The Kier molecular flexibility index (Phi) is 2.27. The van der Waals surface area contributed by atoms with Gasteiger partial charge in [0.1, 0.15) is 5.75 Å². The number of hydrogen-bond donors (Lipinski definition) is 2. The number of hydrogen-bond acceptors (Lipinski definition) is 3. The highest BCUT2D eigenvalue weighted by molar-refractivity contribution is 7.85. The van der Waals surface area contributed by atoms with E-state index in [2.05, 4.69) is 0 Å². The fourth-order valence-electron chi connectivity index (χ4n) is 0.653. The van der Waals surface area contributed by atoms with Crippen LogP contribution in [0.3, 0.4) is 0 Å². The predicted molar refractivity (Wildman–Crippen MR) is 42.9 cm³/mol. The van der Waals surface area contributed by atoms with Crippen LogP contribution >= 0.6 is 11.6 Å². The molecule has 0 saturated heterocycles. The standard InChI is InChI=1S/C6H5ClO4S/c7-5-2-1-4(3-6(5)8)12(9,10)11/h1-3,8H,(H,9,10,11). The van der Waals surface area contributed by atoms with Gasteiger partial charge in [0, 0.05) is 6.07 Å². The molecule has 0 unspecified atom stereocenters. The molecule has 1 aromatic rings. The van der Waals surface area contributed by atoms with Crippen molar-refractivity contribution in [3.8, 4) is 5.75 Å². The number of aromatic hydroxyl groups is 1. The molecule has 0 atom stereocenters. The average molecular weight is 209 g/mol. The second-order valence-corrected chi connectivity index (χ2v) is 3.92. The first-order valence-corrected chi connectivity index (χ1v) is 4.69. The normalized spacial score (nSPS) is 11.5. The fourth-order valence-corrected chi connectivity index (χ4v) is 1.27. The number of phenolic OH excluding ortho intramolecular Hbond substituents is 1. The lowest BCUT2D eigenvalue weighted by Gasteiger charge is -1.98. The lowest BCUT2D eigenvalue weighted by Crippen LogP contribution is -1.96. The zero-order valence-electron chi connectivity index (χ0n) is 5.73. The Balaban J connectivity index is 3.33. The smallest absolute Gasteiger partial charge is 0.294 e. The second kappa shape index (κ2) is 2.93. The first-order chi connectivity index (χ1) is 5.41. The van der Waals surface area contributed by atoms with E-state index < -0.39 is 10.1 Å². The van der Waals surface area contributed by atoms with Gasteiger partial charge in [0.05, 0.1) is 9.92 Å². The minimum Gasteiger partial charge on any atom is -0.506 e. The highest BCUT2D eigenvalue weighted by Crippen LogP contribution is 2.25. The molecule has 0 heterocycles. The van der Waals surface area contributed by atoms with Crippen LogP contribution < -0.4 is 0 Å². The molecule has 1 rings (SSSR count). The van der Waals surface area contributed by atoms with E-state index in [0.29, 0.717) is 0 Å². The largest absolute Gasteiger partial charge is 0.506 e. The minimum absolute atomic E-state index is 0.0300. The van der Waals surface area contributed by atoms with Gasteiger partial charge < -0.3 is 5.11 Å². The molecule has 12 heavy (non-hydrogen) atoms. The predicted octanol–water partition coefficient (Wildman–Crippen LogP) is 1.29. The maximum Gasteiger partial charge on any atom is 0.294 e. The summed E-state index contributed by atoms with van der Waals surface area (Å²) in [5.74, 6) is -0.383. The summed E-state index contributed by atoms with van der Waals surface area (Å²) in [7, 11) is -4.26. The Hall–Kier alpha value is -0.780. The molecule has 6 heteroatoms. The van der Waals surface area contributed by atoms with Gasteiger partial charge in [-0.05, 0) is 12.1 Å². The van der Waals surface area contributed by atoms with Crippen LogP contribution in [-0.4, -0.2) is 18.1 Å². The van der Waals surface area contributed by atoms with Crippen LogP contribution in [0, 0.1) is 0 Å². The summed E-state index contributed by atoms with van der Waals surface area (Å²) >= 11 is 5.40. The van der Waals surface area contributed by atoms with Crippen LogP contribution in [0.1, 0.15) is 0 Å². The molecule has 0 spiro atoms. The van der Waals surface area contributed by atoms with Gasteiger partial charge in [-0.1, -0.05) is 11.6 Å². The lowest BCUT2D eigenvalue weighted by atomic mass is 10.3. The summed E-state index contributed by atoms with van der Waals surface area (Å²) in [6, 6.07) is 3.15. The SMILES string of the molecule is O=S(=O)(O)c1ccc(Cl)c(O)c1. The van der Waals surface area contributed by atoms with Crippen molar-refractivity contribution in [2.24, 2.45) is 0 Å². The van der Waals surface area contributed by atoms with Crippen molar-refractivity contribution in [1.82, 2.24) is 0 Å². The van der Waals surface area contributed by atoms with Crippen molar-refractivity contribution in [1.29, 1.82) is 0 Å². The Morgan fingerprint density at radius 1 is 1.33 bits per heavy atom. The Bertz CT molecular complexity index is 398. The molecule has 0 aliphatic heterocycles. The maximum absolute atomic E-state index is 10.5. The van der Waals surface area contributed by atoms with Crippen molar-refractivity contribution in [3.63, 3.8) is 0 Å². The molecule has 0 bridgehead atoms. The third kappa shape index (κ3) is 1.88. The van der Waals surface area contributed by atoms with E-state index in [4.69, 9.17) is 21.3 Å². The van der Waals surface area contributed by atoms with Gasteiger partial charge in [0.2, 0.25) is 0 Å². The van der Waals surface area contributed by atoms with Crippen LogP contribution in [0.25, 0.3) is 0 Å². The third-order valence-corrected chi connectivity index (χ3v) is 2.38. The minimum atomic E-state index is -4.26. The Morgan fingerprint density at radius 2 is 1.92 bits per heavy atom. The van der Waals surface area contributed by atoms with Crippen LogP contribution in [0.5, 0.6) is 5.75 Å².